The predicted molar refractivity (Wildman–Crippen MR) is 88.4 cm³/mol. The summed E-state index contributed by atoms with van der Waals surface area (Å²) in [6.45, 7) is 0. The maximum atomic E-state index is 12.3. The minimum absolute atomic E-state index is 0.00691. The van der Waals surface area contributed by atoms with Crippen molar-refractivity contribution in [2.24, 2.45) is 0 Å². The Bertz CT molecular complexity index is 1020. The molecule has 0 atom stereocenters. The van der Waals surface area contributed by atoms with Crippen LogP contribution in [0.4, 0.5) is 0 Å². The average Bonchev–Trinajstić information content (AvgIpc) is 2.57. The van der Waals surface area contributed by atoms with E-state index in [9.17, 15) is 24.6 Å². The Morgan fingerprint density at radius 2 is 1.72 bits per heavy atom. The van der Waals surface area contributed by atoms with E-state index in [0.29, 0.717) is 0 Å². The van der Waals surface area contributed by atoms with Gasteiger partial charge in [-0.25, -0.2) is 0 Å². The van der Waals surface area contributed by atoms with Crippen LogP contribution in [0.5, 0.6) is 11.5 Å². The molecule has 126 valence electrons. The second-order valence-corrected chi connectivity index (χ2v) is 5.36. The van der Waals surface area contributed by atoms with E-state index in [4.69, 9.17) is 4.42 Å². The fourth-order valence-electron chi connectivity index (χ4n) is 2.33. The van der Waals surface area contributed by atoms with Gasteiger partial charge in [-0.15, -0.1) is 0 Å². The van der Waals surface area contributed by atoms with Gasteiger partial charge in [0.05, 0.1) is 11.8 Å². The number of rotatable bonds is 3. The van der Waals surface area contributed by atoms with Crippen LogP contribution in [0, 0.1) is 0 Å². The number of fused-ring (bicyclic) bond motifs is 1. The highest BCUT2D eigenvalue weighted by Gasteiger charge is 2.18. The monoisotopic (exact) mass is 339 g/mol. The highest BCUT2D eigenvalue weighted by Crippen LogP contribution is 2.28. The highest BCUT2D eigenvalue weighted by atomic mass is 16.3. The highest BCUT2D eigenvalue weighted by molar-refractivity contribution is 6.06. The molecule has 0 aliphatic heterocycles. The van der Waals surface area contributed by atoms with Crippen molar-refractivity contribution in [3.05, 3.63) is 70.1 Å². The Kier molecular flexibility index (Phi) is 4.21. The van der Waals surface area contributed by atoms with Crippen LogP contribution >= 0.6 is 0 Å². The summed E-state index contributed by atoms with van der Waals surface area (Å²) in [6.07, 6.45) is 0.895. The molecule has 0 saturated heterocycles. The van der Waals surface area contributed by atoms with Gasteiger partial charge < -0.3 is 14.6 Å². The van der Waals surface area contributed by atoms with Crippen LogP contribution in [-0.2, 0) is 11.2 Å². The molecule has 0 aliphatic rings. The minimum atomic E-state index is -0.899. The first-order chi connectivity index (χ1) is 12.0. The van der Waals surface area contributed by atoms with E-state index in [-0.39, 0.29) is 23.0 Å². The number of nitrogens with one attached hydrogen (secondary N) is 1. The summed E-state index contributed by atoms with van der Waals surface area (Å²) >= 11 is 0. The van der Waals surface area contributed by atoms with Gasteiger partial charge in [0.1, 0.15) is 17.4 Å². The molecule has 0 saturated carbocycles. The molecule has 25 heavy (non-hydrogen) atoms. The number of amides is 2. The summed E-state index contributed by atoms with van der Waals surface area (Å²) in [5, 5.41) is 20.9. The zero-order valence-electron chi connectivity index (χ0n) is 12.9. The van der Waals surface area contributed by atoms with Crippen molar-refractivity contribution in [1.29, 1.82) is 0 Å². The second-order valence-electron chi connectivity index (χ2n) is 5.36. The van der Waals surface area contributed by atoms with Crippen LogP contribution in [0.25, 0.3) is 11.0 Å². The Labute approximate surface area is 141 Å². The van der Waals surface area contributed by atoms with Crippen molar-refractivity contribution in [1.82, 2.24) is 5.32 Å². The smallest absolute Gasteiger partial charge is 0.265 e. The molecule has 0 aliphatic carbocycles. The van der Waals surface area contributed by atoms with Gasteiger partial charge in [-0.05, 0) is 11.6 Å². The van der Waals surface area contributed by atoms with Crippen molar-refractivity contribution in [2.75, 3.05) is 0 Å². The van der Waals surface area contributed by atoms with Crippen LogP contribution < -0.4 is 10.7 Å². The third-order valence-corrected chi connectivity index (χ3v) is 3.57. The van der Waals surface area contributed by atoms with Crippen LogP contribution in [0.15, 0.2) is 57.9 Å². The number of phenolic OH excluding ortho intramolecular Hbond substituents is 2. The summed E-state index contributed by atoms with van der Waals surface area (Å²) in [7, 11) is 0. The molecule has 0 unspecified atom stereocenters. The first kappa shape index (κ1) is 16.3. The summed E-state index contributed by atoms with van der Waals surface area (Å²) in [5.41, 5.74) is -0.369. The zero-order valence-corrected chi connectivity index (χ0v) is 12.9. The van der Waals surface area contributed by atoms with Gasteiger partial charge in [0.25, 0.3) is 5.91 Å². The summed E-state index contributed by atoms with van der Waals surface area (Å²) in [6, 6.07) is 10.9. The van der Waals surface area contributed by atoms with Crippen LogP contribution in [0.1, 0.15) is 15.9 Å². The topological polar surface area (TPSA) is 117 Å². The molecule has 7 heteroatoms. The normalized spacial score (nSPS) is 10.6. The molecule has 3 rings (SSSR count). The van der Waals surface area contributed by atoms with Crippen molar-refractivity contribution < 1.29 is 24.2 Å². The molecule has 0 bridgehead atoms. The number of hydrogen-bond acceptors (Lipinski definition) is 6. The molecule has 3 aromatic rings. The van der Waals surface area contributed by atoms with Gasteiger partial charge in [-0.2, -0.15) is 0 Å². The molecular formula is C18H13NO6. The lowest BCUT2D eigenvalue weighted by atomic mass is 10.1. The fraction of sp³-hybridized carbons (Fsp3) is 0.0556. The first-order valence-corrected chi connectivity index (χ1v) is 7.31. The Balaban J connectivity index is 1.85. The third-order valence-electron chi connectivity index (χ3n) is 3.57. The molecule has 2 amide bonds. The fourth-order valence-corrected chi connectivity index (χ4v) is 2.33. The Morgan fingerprint density at radius 1 is 1.04 bits per heavy atom. The van der Waals surface area contributed by atoms with E-state index in [0.717, 1.165) is 24.0 Å². The number of imide groups is 1. The molecule has 1 aromatic heterocycles. The number of carbonyl (C=O) groups is 2. The van der Waals surface area contributed by atoms with Crippen molar-refractivity contribution in [2.45, 2.75) is 6.42 Å². The minimum Gasteiger partial charge on any atom is -0.504 e. The number of benzene rings is 2. The number of carbonyl (C=O) groups excluding carboxylic acids is 2. The van der Waals surface area contributed by atoms with Crippen LogP contribution in [-0.4, -0.2) is 22.0 Å². The van der Waals surface area contributed by atoms with E-state index in [1.165, 1.54) is 0 Å². The number of phenols is 2. The van der Waals surface area contributed by atoms with E-state index >= 15 is 0 Å². The number of aromatic hydroxyl groups is 2. The average molecular weight is 339 g/mol. The van der Waals surface area contributed by atoms with E-state index in [1.54, 1.807) is 30.3 Å². The van der Waals surface area contributed by atoms with Gasteiger partial charge in [0, 0.05) is 6.07 Å². The van der Waals surface area contributed by atoms with Gasteiger partial charge in [-0.1, -0.05) is 30.3 Å². The van der Waals surface area contributed by atoms with Crippen LogP contribution in [0.3, 0.4) is 0 Å². The summed E-state index contributed by atoms with van der Waals surface area (Å²) in [4.78, 5) is 36.4. The maximum Gasteiger partial charge on any atom is 0.265 e. The summed E-state index contributed by atoms with van der Waals surface area (Å²) in [5.74, 6) is -2.43. The maximum absolute atomic E-state index is 12.3. The van der Waals surface area contributed by atoms with Gasteiger partial charge in [0.15, 0.2) is 11.5 Å². The van der Waals surface area contributed by atoms with Crippen LogP contribution in [0.2, 0.25) is 0 Å². The number of hydrogen-bond donors (Lipinski definition) is 3. The lowest BCUT2D eigenvalue weighted by Gasteiger charge is -2.05. The zero-order chi connectivity index (χ0) is 18.0. The molecular weight excluding hydrogens is 326 g/mol. The largest absolute Gasteiger partial charge is 0.504 e. The molecule has 1 heterocycles. The van der Waals surface area contributed by atoms with Crippen molar-refractivity contribution in [3.8, 4) is 11.5 Å². The van der Waals surface area contributed by atoms with Gasteiger partial charge >= 0.3 is 0 Å². The van der Waals surface area contributed by atoms with Crippen molar-refractivity contribution >= 4 is 22.8 Å². The molecule has 3 N–H and O–H groups in total. The van der Waals surface area contributed by atoms with Crippen molar-refractivity contribution in [3.63, 3.8) is 0 Å². The van der Waals surface area contributed by atoms with Gasteiger partial charge in [0.2, 0.25) is 11.3 Å². The molecule has 0 spiro atoms. The molecule has 0 radical (unpaired) electrons. The lowest BCUT2D eigenvalue weighted by molar-refractivity contribution is -0.119. The SMILES string of the molecule is O=C(Cc1ccccc1)NC(=O)c1coc2cc(O)c(O)cc2c1=O. The molecule has 0 fully saturated rings. The third kappa shape index (κ3) is 3.35. The van der Waals surface area contributed by atoms with Gasteiger partial charge in [-0.3, -0.25) is 19.7 Å². The first-order valence-electron chi connectivity index (χ1n) is 7.31. The Hall–Kier alpha value is -3.61. The quantitative estimate of drug-likeness (QED) is 0.625. The van der Waals surface area contributed by atoms with E-state index in [1.807, 2.05) is 0 Å². The predicted octanol–water partition coefficient (Wildman–Crippen LogP) is 1.70. The Morgan fingerprint density at radius 3 is 2.44 bits per heavy atom. The summed E-state index contributed by atoms with van der Waals surface area (Å²) < 4.78 is 5.14. The van der Waals surface area contributed by atoms with E-state index in [2.05, 4.69) is 5.32 Å². The lowest BCUT2D eigenvalue weighted by Crippen LogP contribution is -2.34. The second kappa shape index (κ2) is 6.48. The standard InChI is InChI=1S/C18H13NO6/c20-13-7-11-15(8-14(13)21)25-9-12(17(11)23)18(24)19-16(22)6-10-4-2-1-3-5-10/h1-5,7-9,20-21H,6H2,(H,19,22,24). The van der Waals surface area contributed by atoms with E-state index < -0.39 is 28.7 Å². The molecule has 2 aromatic carbocycles. The molecule has 7 nitrogen and oxygen atoms in total.